The molecule has 1 rings (SSSR count). The summed E-state index contributed by atoms with van der Waals surface area (Å²) >= 11 is 0. The standard InChI is InChI=1S/C17H34N4O3S.HI/c1-6-18-16(20-14(2)9-12-25(5,23)24)19-13-17(10-7-8-11-17)15(22)21(3)4;/h14H,6-13H2,1-5H3,(H2,18,19,20);1H. The molecule has 1 fully saturated rings. The number of hydrogen-bond donors (Lipinski definition) is 2. The van der Waals surface area contributed by atoms with Gasteiger partial charge in [-0.05, 0) is 33.1 Å². The zero-order chi connectivity index (χ0) is 19.1. The quantitative estimate of drug-likeness (QED) is 0.299. The van der Waals surface area contributed by atoms with Crippen LogP contribution in [0.1, 0.15) is 46.0 Å². The van der Waals surface area contributed by atoms with Crippen molar-refractivity contribution in [3.8, 4) is 0 Å². The molecule has 1 aliphatic rings. The Morgan fingerprint density at radius 3 is 2.31 bits per heavy atom. The highest BCUT2D eigenvalue weighted by molar-refractivity contribution is 14.0. The molecule has 0 aromatic rings. The maximum absolute atomic E-state index is 12.6. The van der Waals surface area contributed by atoms with Crippen LogP contribution >= 0.6 is 24.0 Å². The number of nitrogens with zero attached hydrogens (tertiary/aromatic N) is 2. The lowest BCUT2D eigenvalue weighted by molar-refractivity contribution is -0.138. The van der Waals surface area contributed by atoms with Crippen molar-refractivity contribution >= 4 is 45.7 Å². The summed E-state index contributed by atoms with van der Waals surface area (Å²) in [6.07, 6.45) is 5.63. The van der Waals surface area contributed by atoms with Gasteiger partial charge in [-0.3, -0.25) is 9.79 Å². The minimum Gasteiger partial charge on any atom is -0.357 e. The highest BCUT2D eigenvalue weighted by Gasteiger charge is 2.42. The number of amides is 1. The topological polar surface area (TPSA) is 90.9 Å². The van der Waals surface area contributed by atoms with Crippen LogP contribution in [0.5, 0.6) is 0 Å². The van der Waals surface area contributed by atoms with Gasteiger partial charge in [0.1, 0.15) is 9.84 Å². The second-order valence-electron chi connectivity index (χ2n) is 7.35. The van der Waals surface area contributed by atoms with Crippen molar-refractivity contribution in [2.45, 2.75) is 52.0 Å². The van der Waals surface area contributed by atoms with Gasteiger partial charge in [0.15, 0.2) is 5.96 Å². The van der Waals surface area contributed by atoms with E-state index in [0.717, 1.165) is 25.7 Å². The minimum atomic E-state index is -2.97. The van der Waals surface area contributed by atoms with Gasteiger partial charge in [-0.2, -0.15) is 0 Å². The van der Waals surface area contributed by atoms with Crippen LogP contribution < -0.4 is 10.6 Å². The summed E-state index contributed by atoms with van der Waals surface area (Å²) in [4.78, 5) is 18.9. The summed E-state index contributed by atoms with van der Waals surface area (Å²) in [5.41, 5.74) is -0.401. The normalized spacial score (nSPS) is 18.0. The lowest BCUT2D eigenvalue weighted by atomic mass is 9.85. The van der Waals surface area contributed by atoms with Gasteiger partial charge in [0.25, 0.3) is 0 Å². The fourth-order valence-corrected chi connectivity index (χ4v) is 3.99. The zero-order valence-electron chi connectivity index (χ0n) is 16.7. The Bertz CT molecular complexity index is 573. The Labute approximate surface area is 175 Å². The summed E-state index contributed by atoms with van der Waals surface area (Å²) < 4.78 is 22.6. The number of halogens is 1. The van der Waals surface area contributed by atoms with E-state index in [4.69, 9.17) is 0 Å². The van der Waals surface area contributed by atoms with E-state index in [1.165, 1.54) is 6.26 Å². The summed E-state index contributed by atoms with van der Waals surface area (Å²) in [5, 5.41) is 6.43. The monoisotopic (exact) mass is 502 g/mol. The fraction of sp³-hybridized carbons (Fsp3) is 0.882. The van der Waals surface area contributed by atoms with Crippen molar-refractivity contribution in [2.75, 3.05) is 39.2 Å². The summed E-state index contributed by atoms with van der Waals surface area (Å²) in [6, 6.07) is -0.0170. The molecule has 0 aromatic heterocycles. The van der Waals surface area contributed by atoms with Gasteiger partial charge >= 0.3 is 0 Å². The van der Waals surface area contributed by atoms with Crippen molar-refractivity contribution in [2.24, 2.45) is 10.4 Å². The highest BCUT2D eigenvalue weighted by atomic mass is 127. The molecule has 0 heterocycles. The molecule has 0 saturated heterocycles. The Kier molecular flexibility index (Phi) is 11.1. The molecule has 0 radical (unpaired) electrons. The first kappa shape index (κ1) is 25.4. The molecule has 0 aliphatic heterocycles. The molecule has 1 amide bonds. The molecule has 1 aliphatic carbocycles. The second-order valence-corrected chi connectivity index (χ2v) is 9.61. The number of aliphatic imine (C=N–C) groups is 1. The van der Waals surface area contributed by atoms with E-state index in [-0.39, 0.29) is 41.7 Å². The molecule has 9 heteroatoms. The Morgan fingerprint density at radius 2 is 1.85 bits per heavy atom. The molecular weight excluding hydrogens is 467 g/mol. The fourth-order valence-electron chi connectivity index (χ4n) is 3.21. The van der Waals surface area contributed by atoms with Gasteiger partial charge in [0.2, 0.25) is 5.91 Å². The van der Waals surface area contributed by atoms with Crippen LogP contribution in [-0.4, -0.2) is 70.4 Å². The van der Waals surface area contributed by atoms with Crippen LogP contribution in [0.25, 0.3) is 0 Å². The third-order valence-corrected chi connectivity index (χ3v) is 5.59. The lowest BCUT2D eigenvalue weighted by Crippen LogP contribution is -2.45. The number of carbonyl (C=O) groups excluding carboxylic acids is 1. The number of rotatable bonds is 8. The van der Waals surface area contributed by atoms with Crippen LogP contribution in [0.15, 0.2) is 4.99 Å². The third kappa shape index (κ3) is 8.41. The third-order valence-electron chi connectivity index (χ3n) is 4.61. The van der Waals surface area contributed by atoms with Crippen LogP contribution in [0.2, 0.25) is 0 Å². The van der Waals surface area contributed by atoms with Crippen LogP contribution in [0.3, 0.4) is 0 Å². The van der Waals surface area contributed by atoms with Gasteiger partial charge in [-0.25, -0.2) is 8.42 Å². The Balaban J connectivity index is 0.00000625. The van der Waals surface area contributed by atoms with Crippen molar-refractivity contribution in [1.82, 2.24) is 15.5 Å². The number of hydrogen-bond acceptors (Lipinski definition) is 4. The molecule has 0 spiro atoms. The number of sulfone groups is 1. The SMILES string of the molecule is CCNC(=NCC1(C(=O)N(C)C)CCCC1)NC(C)CCS(C)(=O)=O.I. The van der Waals surface area contributed by atoms with Gasteiger partial charge in [-0.15, -0.1) is 24.0 Å². The van der Waals surface area contributed by atoms with Crippen LogP contribution in [0.4, 0.5) is 0 Å². The first-order chi connectivity index (χ1) is 11.6. The smallest absolute Gasteiger partial charge is 0.230 e. The molecule has 1 atom stereocenters. The van der Waals surface area contributed by atoms with Crippen molar-refractivity contribution in [3.63, 3.8) is 0 Å². The molecule has 154 valence electrons. The maximum atomic E-state index is 12.6. The molecule has 1 unspecified atom stereocenters. The first-order valence-electron chi connectivity index (χ1n) is 9.04. The van der Waals surface area contributed by atoms with Crippen molar-refractivity contribution in [3.05, 3.63) is 0 Å². The summed E-state index contributed by atoms with van der Waals surface area (Å²) in [7, 11) is 0.615. The van der Waals surface area contributed by atoms with E-state index in [2.05, 4.69) is 15.6 Å². The van der Waals surface area contributed by atoms with Gasteiger partial charge in [0, 0.05) is 32.9 Å². The number of guanidine groups is 1. The van der Waals surface area contributed by atoms with E-state index in [1.807, 2.05) is 13.8 Å². The van der Waals surface area contributed by atoms with E-state index in [1.54, 1.807) is 19.0 Å². The van der Waals surface area contributed by atoms with Gasteiger partial charge in [0.05, 0.1) is 17.7 Å². The minimum absolute atomic E-state index is 0. The summed E-state index contributed by atoms with van der Waals surface area (Å²) in [6.45, 7) is 5.08. The Hall–Kier alpha value is -0.580. The van der Waals surface area contributed by atoms with Crippen LogP contribution in [0, 0.1) is 5.41 Å². The van der Waals surface area contributed by atoms with Gasteiger partial charge in [-0.1, -0.05) is 12.8 Å². The molecule has 26 heavy (non-hydrogen) atoms. The Morgan fingerprint density at radius 1 is 1.27 bits per heavy atom. The molecule has 7 nitrogen and oxygen atoms in total. The van der Waals surface area contributed by atoms with E-state index in [0.29, 0.717) is 25.5 Å². The maximum Gasteiger partial charge on any atom is 0.230 e. The predicted molar refractivity (Wildman–Crippen MR) is 118 cm³/mol. The average molecular weight is 502 g/mol. The van der Waals surface area contributed by atoms with E-state index in [9.17, 15) is 13.2 Å². The molecule has 1 saturated carbocycles. The largest absolute Gasteiger partial charge is 0.357 e. The van der Waals surface area contributed by atoms with E-state index >= 15 is 0 Å². The summed E-state index contributed by atoms with van der Waals surface area (Å²) in [5.74, 6) is 0.930. The predicted octanol–water partition coefficient (Wildman–Crippen LogP) is 1.63. The zero-order valence-corrected chi connectivity index (χ0v) is 19.8. The van der Waals surface area contributed by atoms with E-state index < -0.39 is 15.3 Å². The second kappa shape index (κ2) is 11.3. The van der Waals surface area contributed by atoms with Crippen LogP contribution in [-0.2, 0) is 14.6 Å². The number of carbonyl (C=O) groups is 1. The molecule has 0 aromatic carbocycles. The first-order valence-corrected chi connectivity index (χ1v) is 11.1. The molecule has 0 bridgehead atoms. The van der Waals surface area contributed by atoms with Crippen molar-refractivity contribution in [1.29, 1.82) is 0 Å². The average Bonchev–Trinajstić information content (AvgIpc) is 2.99. The molecular formula is C17H35IN4O3S. The van der Waals surface area contributed by atoms with Crippen molar-refractivity contribution < 1.29 is 13.2 Å². The van der Waals surface area contributed by atoms with Gasteiger partial charge < -0.3 is 15.5 Å². The highest BCUT2D eigenvalue weighted by Crippen LogP contribution is 2.39. The number of nitrogens with one attached hydrogen (secondary N) is 2. The molecule has 2 N–H and O–H groups in total. The lowest BCUT2D eigenvalue weighted by Gasteiger charge is -2.29.